The number of aromatic amines is 1. The third kappa shape index (κ3) is 3.92. The van der Waals surface area contributed by atoms with Crippen molar-refractivity contribution in [2.45, 2.75) is 12.0 Å². The lowest BCUT2D eigenvalue weighted by atomic mass is 9.66. The standard InChI is InChI=1S/C28H25NO10/c1-33-20-7-13(8-21(34-2)25(20)35-3)22-15-9-18-19(38-12-37-18)10-16(15)24(17-11-36-28(32)23(17)22)39-27(31)14-5-4-6-29-26(14)30/h4-10,17,22-24H,11-12H2,1-3H3,(H,29,30)/t17-,22+,23-,24-/m0/s1. The number of hydrogen-bond acceptors (Lipinski definition) is 10. The molecule has 0 radical (unpaired) electrons. The second kappa shape index (κ2) is 9.57. The molecule has 1 N–H and O–H groups in total. The Balaban J connectivity index is 1.53. The molecule has 39 heavy (non-hydrogen) atoms. The van der Waals surface area contributed by atoms with Crippen LogP contribution in [0, 0.1) is 11.8 Å². The van der Waals surface area contributed by atoms with Crippen molar-refractivity contribution in [1.82, 2.24) is 4.98 Å². The number of carbonyl (C=O) groups excluding carboxylic acids is 2. The van der Waals surface area contributed by atoms with Crippen molar-refractivity contribution in [2.24, 2.45) is 11.8 Å². The second-order valence-corrected chi connectivity index (χ2v) is 9.33. The summed E-state index contributed by atoms with van der Waals surface area (Å²) in [7, 11) is 4.54. The summed E-state index contributed by atoms with van der Waals surface area (Å²) in [6.45, 7) is 0.0627. The highest BCUT2D eigenvalue weighted by molar-refractivity contribution is 5.89. The molecule has 202 valence electrons. The monoisotopic (exact) mass is 535 g/mol. The van der Waals surface area contributed by atoms with Crippen molar-refractivity contribution in [3.8, 4) is 28.7 Å². The van der Waals surface area contributed by atoms with E-state index in [0.29, 0.717) is 45.4 Å². The summed E-state index contributed by atoms with van der Waals surface area (Å²) in [4.78, 5) is 41.2. The number of H-pyrrole nitrogens is 1. The van der Waals surface area contributed by atoms with Gasteiger partial charge in [0.2, 0.25) is 12.5 Å². The van der Waals surface area contributed by atoms with Crippen LogP contribution in [0.15, 0.2) is 47.4 Å². The molecule has 6 rings (SSSR count). The number of pyridine rings is 1. The van der Waals surface area contributed by atoms with Crippen LogP contribution in [-0.4, -0.2) is 51.7 Å². The number of fused-ring (bicyclic) bond motifs is 3. The van der Waals surface area contributed by atoms with Crippen LogP contribution in [0.5, 0.6) is 28.7 Å². The van der Waals surface area contributed by atoms with Crippen molar-refractivity contribution >= 4 is 11.9 Å². The van der Waals surface area contributed by atoms with E-state index in [4.69, 9.17) is 33.2 Å². The molecule has 0 spiro atoms. The lowest BCUT2D eigenvalue weighted by Gasteiger charge is -2.38. The normalized spacial score (nSPS) is 22.4. The molecule has 0 saturated carbocycles. The Labute approximate surface area is 222 Å². The highest BCUT2D eigenvalue weighted by Gasteiger charge is 2.54. The van der Waals surface area contributed by atoms with Gasteiger partial charge in [-0.3, -0.25) is 9.59 Å². The van der Waals surface area contributed by atoms with E-state index in [1.165, 1.54) is 39.7 Å². The van der Waals surface area contributed by atoms with Crippen LogP contribution in [0.2, 0.25) is 0 Å². The van der Waals surface area contributed by atoms with Gasteiger partial charge >= 0.3 is 11.9 Å². The van der Waals surface area contributed by atoms with E-state index < -0.39 is 41.4 Å². The van der Waals surface area contributed by atoms with Crippen LogP contribution < -0.4 is 29.2 Å². The largest absolute Gasteiger partial charge is 0.493 e. The number of esters is 2. The molecular weight excluding hydrogens is 510 g/mol. The number of benzene rings is 2. The number of rotatable bonds is 6. The first-order chi connectivity index (χ1) is 18.9. The van der Waals surface area contributed by atoms with Gasteiger partial charge in [0.15, 0.2) is 23.0 Å². The zero-order chi connectivity index (χ0) is 27.3. The van der Waals surface area contributed by atoms with Gasteiger partial charge in [0.05, 0.1) is 33.9 Å². The van der Waals surface area contributed by atoms with Gasteiger partial charge in [-0.1, -0.05) is 0 Å². The van der Waals surface area contributed by atoms with Crippen molar-refractivity contribution in [1.29, 1.82) is 0 Å². The third-order valence-corrected chi connectivity index (χ3v) is 7.44. The van der Waals surface area contributed by atoms with Gasteiger partial charge < -0.3 is 38.1 Å². The van der Waals surface area contributed by atoms with E-state index >= 15 is 0 Å². The number of hydrogen-bond donors (Lipinski definition) is 1. The highest BCUT2D eigenvalue weighted by atomic mass is 16.7. The summed E-state index contributed by atoms with van der Waals surface area (Å²) < 4.78 is 39.4. The number of nitrogens with one attached hydrogen (secondary N) is 1. The molecular formula is C28H25NO10. The lowest BCUT2D eigenvalue weighted by molar-refractivity contribution is -0.141. The molecule has 2 aromatic carbocycles. The summed E-state index contributed by atoms with van der Waals surface area (Å²) in [5.41, 5.74) is 1.30. The van der Waals surface area contributed by atoms with Crippen molar-refractivity contribution in [3.05, 3.63) is 75.2 Å². The number of carbonyl (C=O) groups is 2. The fourth-order valence-electron chi connectivity index (χ4n) is 5.71. The van der Waals surface area contributed by atoms with Crippen LogP contribution in [0.1, 0.15) is 39.1 Å². The fourth-order valence-corrected chi connectivity index (χ4v) is 5.71. The summed E-state index contributed by atoms with van der Waals surface area (Å²) in [5, 5.41) is 0. The Morgan fingerprint density at radius 3 is 2.26 bits per heavy atom. The molecule has 0 bridgehead atoms. The summed E-state index contributed by atoms with van der Waals surface area (Å²) in [5.74, 6) is -0.776. The summed E-state index contributed by atoms with van der Waals surface area (Å²) in [6, 6.07) is 10.1. The van der Waals surface area contributed by atoms with E-state index in [2.05, 4.69) is 4.98 Å². The first-order valence-electron chi connectivity index (χ1n) is 12.2. The maximum absolute atomic E-state index is 13.3. The van der Waals surface area contributed by atoms with Crippen LogP contribution in [0.25, 0.3) is 0 Å². The molecule has 11 nitrogen and oxygen atoms in total. The molecule has 3 aromatic rings. The van der Waals surface area contributed by atoms with Gasteiger partial charge in [-0.2, -0.15) is 0 Å². The molecule has 0 unspecified atom stereocenters. The Kier molecular flexibility index (Phi) is 6.05. The Morgan fingerprint density at radius 1 is 0.923 bits per heavy atom. The SMILES string of the molecule is COc1cc([C@@H]2c3cc4c(cc3[C@H](OC(=O)c3ccc[nH]c3=O)[C@H]3COC(=O)[C@H]23)OCO4)cc(OC)c1OC. The molecule has 1 fully saturated rings. The molecule has 2 aliphatic heterocycles. The van der Waals surface area contributed by atoms with Crippen molar-refractivity contribution < 1.29 is 42.7 Å². The fraction of sp³-hybridized carbons (Fsp3) is 0.321. The van der Waals surface area contributed by atoms with E-state index in [1.54, 1.807) is 24.3 Å². The molecule has 1 aliphatic carbocycles. The minimum atomic E-state index is -0.892. The van der Waals surface area contributed by atoms with Gasteiger partial charge in [-0.25, -0.2) is 4.79 Å². The van der Waals surface area contributed by atoms with E-state index in [-0.39, 0.29) is 19.0 Å². The zero-order valence-electron chi connectivity index (χ0n) is 21.3. The minimum Gasteiger partial charge on any atom is -0.493 e. The Morgan fingerprint density at radius 2 is 1.62 bits per heavy atom. The smallest absolute Gasteiger partial charge is 0.344 e. The maximum Gasteiger partial charge on any atom is 0.344 e. The first-order valence-corrected chi connectivity index (χ1v) is 12.2. The molecule has 1 saturated heterocycles. The second-order valence-electron chi connectivity index (χ2n) is 9.33. The zero-order valence-corrected chi connectivity index (χ0v) is 21.3. The van der Waals surface area contributed by atoms with E-state index in [9.17, 15) is 14.4 Å². The first kappa shape index (κ1) is 24.7. The predicted octanol–water partition coefficient (Wildman–Crippen LogP) is 2.96. The molecule has 3 heterocycles. The topological polar surface area (TPSA) is 132 Å². The number of methoxy groups -OCH3 is 3. The van der Waals surface area contributed by atoms with Crippen LogP contribution >= 0.6 is 0 Å². The Bertz CT molecular complexity index is 1500. The van der Waals surface area contributed by atoms with Crippen molar-refractivity contribution in [3.63, 3.8) is 0 Å². The average Bonchev–Trinajstić information content (AvgIpc) is 3.57. The van der Waals surface area contributed by atoms with Gasteiger partial charge in [0.1, 0.15) is 11.7 Å². The summed E-state index contributed by atoms with van der Waals surface area (Å²) >= 11 is 0. The third-order valence-electron chi connectivity index (χ3n) is 7.44. The lowest BCUT2D eigenvalue weighted by Crippen LogP contribution is -2.37. The van der Waals surface area contributed by atoms with E-state index in [0.717, 1.165) is 0 Å². The predicted molar refractivity (Wildman–Crippen MR) is 134 cm³/mol. The van der Waals surface area contributed by atoms with Crippen LogP contribution in [0.3, 0.4) is 0 Å². The minimum absolute atomic E-state index is 0.0292. The van der Waals surface area contributed by atoms with Gasteiger partial charge in [0, 0.05) is 23.6 Å². The number of aromatic nitrogens is 1. The average molecular weight is 536 g/mol. The quantitative estimate of drug-likeness (QED) is 0.470. The Hall–Kier alpha value is -4.67. The van der Waals surface area contributed by atoms with E-state index in [1.807, 2.05) is 0 Å². The van der Waals surface area contributed by atoms with Crippen LogP contribution in [-0.2, 0) is 14.3 Å². The maximum atomic E-state index is 13.3. The highest BCUT2D eigenvalue weighted by Crippen LogP contribution is 2.56. The molecule has 3 aliphatic rings. The van der Waals surface area contributed by atoms with Gasteiger partial charge in [-0.15, -0.1) is 0 Å². The number of cyclic esters (lactones) is 1. The molecule has 1 aromatic heterocycles. The molecule has 11 heteroatoms. The van der Waals surface area contributed by atoms with Crippen LogP contribution in [0.4, 0.5) is 0 Å². The molecule has 4 atom stereocenters. The molecule has 0 amide bonds. The number of ether oxygens (including phenoxy) is 7. The van der Waals surface area contributed by atoms with Crippen molar-refractivity contribution in [2.75, 3.05) is 34.7 Å². The van der Waals surface area contributed by atoms with Gasteiger partial charge in [-0.05, 0) is 47.5 Å². The summed E-state index contributed by atoms with van der Waals surface area (Å²) in [6.07, 6.45) is 0.535. The van der Waals surface area contributed by atoms with Gasteiger partial charge in [0.25, 0.3) is 5.56 Å².